The first kappa shape index (κ1) is 20.7. The van der Waals surface area contributed by atoms with Crippen molar-refractivity contribution in [3.63, 3.8) is 0 Å². The maximum absolute atomic E-state index is 10.3. The van der Waals surface area contributed by atoms with Gasteiger partial charge in [-0.15, -0.1) is 0 Å². The fraction of sp³-hybridized carbons (Fsp3) is 0.650. The molecule has 0 atom stereocenters. The van der Waals surface area contributed by atoms with Crippen molar-refractivity contribution < 1.29 is 9.90 Å². The monoisotopic (exact) mass is 306 g/mol. The molecule has 0 saturated heterocycles. The highest BCUT2D eigenvalue weighted by Crippen LogP contribution is 2.06. The summed E-state index contributed by atoms with van der Waals surface area (Å²) in [5, 5.41) is 8.49. The molecule has 2 nitrogen and oxygen atoms in total. The molecule has 0 spiro atoms. The average Bonchev–Trinajstić information content (AvgIpc) is 2.50. The van der Waals surface area contributed by atoms with E-state index < -0.39 is 5.97 Å². The van der Waals surface area contributed by atoms with E-state index in [1.165, 1.54) is 51.4 Å². The Morgan fingerprint density at radius 2 is 1.23 bits per heavy atom. The van der Waals surface area contributed by atoms with E-state index in [1.54, 1.807) is 0 Å². The molecular weight excluding hydrogens is 272 g/mol. The van der Waals surface area contributed by atoms with E-state index in [0.29, 0.717) is 6.42 Å². The standard InChI is InChI=1S/C20H34O2/c1-2-3-4-5-6-7-8-9-10-11-12-13-14-15-16-17-18-19-20(21)22/h6-7,9-10,16-17H,2-5,8,11-15,18-19H2,1H3,(H,21,22). The van der Waals surface area contributed by atoms with Gasteiger partial charge < -0.3 is 5.11 Å². The summed E-state index contributed by atoms with van der Waals surface area (Å²) in [4.78, 5) is 10.3. The van der Waals surface area contributed by atoms with Crippen molar-refractivity contribution >= 4 is 5.97 Å². The van der Waals surface area contributed by atoms with Gasteiger partial charge in [0.2, 0.25) is 0 Å². The lowest BCUT2D eigenvalue weighted by Crippen LogP contribution is -1.91. The summed E-state index contributed by atoms with van der Waals surface area (Å²) >= 11 is 0. The maximum atomic E-state index is 10.3. The van der Waals surface area contributed by atoms with Gasteiger partial charge in [0.25, 0.3) is 0 Å². The van der Waals surface area contributed by atoms with Crippen molar-refractivity contribution in [3.8, 4) is 0 Å². The van der Waals surface area contributed by atoms with Crippen LogP contribution in [0.15, 0.2) is 36.5 Å². The minimum absolute atomic E-state index is 0.244. The topological polar surface area (TPSA) is 37.3 Å². The second-order valence-corrected chi connectivity index (χ2v) is 5.72. The predicted octanol–water partition coefficient (Wildman–Crippen LogP) is 6.44. The molecule has 0 aromatic heterocycles. The van der Waals surface area contributed by atoms with Crippen molar-refractivity contribution in [3.05, 3.63) is 36.5 Å². The van der Waals surface area contributed by atoms with Crippen LogP contribution in [0.1, 0.15) is 84.0 Å². The second-order valence-electron chi connectivity index (χ2n) is 5.72. The third kappa shape index (κ3) is 18.7. The Kier molecular flexibility index (Phi) is 16.7. The van der Waals surface area contributed by atoms with Gasteiger partial charge in [0, 0.05) is 6.42 Å². The van der Waals surface area contributed by atoms with E-state index in [1.807, 2.05) is 6.08 Å². The molecule has 0 heterocycles. The molecular formula is C20H34O2. The zero-order valence-electron chi connectivity index (χ0n) is 14.3. The van der Waals surface area contributed by atoms with Crippen LogP contribution in [0.2, 0.25) is 0 Å². The maximum Gasteiger partial charge on any atom is 0.303 e. The van der Waals surface area contributed by atoms with Crippen LogP contribution in [0.25, 0.3) is 0 Å². The summed E-state index contributed by atoms with van der Waals surface area (Å²) in [6.07, 6.45) is 26.3. The van der Waals surface area contributed by atoms with E-state index in [0.717, 1.165) is 12.8 Å². The number of carboxylic acids is 1. The Morgan fingerprint density at radius 1 is 0.727 bits per heavy atom. The number of aliphatic carboxylic acids is 1. The fourth-order valence-corrected chi connectivity index (χ4v) is 2.16. The Hall–Kier alpha value is -1.31. The largest absolute Gasteiger partial charge is 0.481 e. The molecule has 0 aromatic carbocycles. The predicted molar refractivity (Wildman–Crippen MR) is 96.1 cm³/mol. The molecule has 1 N–H and O–H groups in total. The molecule has 0 radical (unpaired) electrons. The number of carboxylic acid groups (broad SMARTS) is 1. The van der Waals surface area contributed by atoms with Gasteiger partial charge in [-0.2, -0.15) is 0 Å². The molecule has 0 aliphatic heterocycles. The number of carbonyl (C=O) groups is 1. The van der Waals surface area contributed by atoms with Gasteiger partial charge in [0.15, 0.2) is 0 Å². The molecule has 0 unspecified atom stereocenters. The van der Waals surface area contributed by atoms with E-state index in [-0.39, 0.29) is 6.42 Å². The summed E-state index contributed by atoms with van der Waals surface area (Å²) < 4.78 is 0. The summed E-state index contributed by atoms with van der Waals surface area (Å²) in [7, 11) is 0. The van der Waals surface area contributed by atoms with Crippen molar-refractivity contribution in [1.82, 2.24) is 0 Å². The number of rotatable bonds is 15. The average molecular weight is 306 g/mol. The Labute approximate surface area is 137 Å². The highest BCUT2D eigenvalue weighted by atomic mass is 16.4. The minimum atomic E-state index is -0.716. The Morgan fingerprint density at radius 3 is 1.77 bits per heavy atom. The molecule has 0 amide bonds. The van der Waals surface area contributed by atoms with Crippen molar-refractivity contribution in [2.24, 2.45) is 0 Å². The first-order valence-corrected chi connectivity index (χ1v) is 8.94. The number of hydrogen-bond acceptors (Lipinski definition) is 1. The van der Waals surface area contributed by atoms with Crippen LogP contribution in [0.5, 0.6) is 0 Å². The van der Waals surface area contributed by atoms with Crippen LogP contribution in [-0.2, 0) is 4.79 Å². The highest BCUT2D eigenvalue weighted by molar-refractivity contribution is 5.66. The van der Waals surface area contributed by atoms with E-state index >= 15 is 0 Å². The van der Waals surface area contributed by atoms with Crippen LogP contribution in [0.3, 0.4) is 0 Å². The lowest BCUT2D eigenvalue weighted by Gasteiger charge is -1.95. The molecule has 0 fully saturated rings. The van der Waals surface area contributed by atoms with E-state index in [2.05, 4.69) is 37.3 Å². The molecule has 0 aliphatic rings. The van der Waals surface area contributed by atoms with E-state index in [4.69, 9.17) is 5.11 Å². The summed E-state index contributed by atoms with van der Waals surface area (Å²) in [6, 6.07) is 0. The number of unbranched alkanes of at least 4 members (excludes halogenated alkanes) is 7. The van der Waals surface area contributed by atoms with Gasteiger partial charge in [0.1, 0.15) is 0 Å². The fourth-order valence-electron chi connectivity index (χ4n) is 2.16. The van der Waals surface area contributed by atoms with Crippen LogP contribution in [-0.4, -0.2) is 11.1 Å². The second kappa shape index (κ2) is 17.7. The summed E-state index contributed by atoms with van der Waals surface area (Å²) in [5.74, 6) is -0.716. The van der Waals surface area contributed by atoms with Crippen molar-refractivity contribution in [2.75, 3.05) is 0 Å². The van der Waals surface area contributed by atoms with Crippen molar-refractivity contribution in [2.45, 2.75) is 84.0 Å². The quantitative estimate of drug-likeness (QED) is 0.279. The van der Waals surface area contributed by atoms with Gasteiger partial charge in [0.05, 0.1) is 0 Å². The molecule has 0 bridgehead atoms. The minimum Gasteiger partial charge on any atom is -0.481 e. The van der Waals surface area contributed by atoms with Gasteiger partial charge in [-0.3, -0.25) is 4.79 Å². The highest BCUT2D eigenvalue weighted by Gasteiger charge is 1.91. The van der Waals surface area contributed by atoms with Gasteiger partial charge in [-0.05, 0) is 51.4 Å². The Bertz CT molecular complexity index is 327. The first-order valence-electron chi connectivity index (χ1n) is 8.94. The normalized spacial score (nSPS) is 12.0. The van der Waals surface area contributed by atoms with Gasteiger partial charge >= 0.3 is 5.97 Å². The molecule has 0 aromatic rings. The lowest BCUT2D eigenvalue weighted by atomic mass is 10.1. The third-order valence-corrected chi connectivity index (χ3v) is 3.51. The van der Waals surface area contributed by atoms with Gasteiger partial charge in [-0.1, -0.05) is 62.6 Å². The third-order valence-electron chi connectivity index (χ3n) is 3.51. The van der Waals surface area contributed by atoms with E-state index in [9.17, 15) is 4.79 Å². The van der Waals surface area contributed by atoms with Crippen molar-refractivity contribution in [1.29, 1.82) is 0 Å². The van der Waals surface area contributed by atoms with Crippen LogP contribution >= 0.6 is 0 Å². The Balaban J connectivity index is 3.25. The zero-order valence-corrected chi connectivity index (χ0v) is 14.3. The summed E-state index contributed by atoms with van der Waals surface area (Å²) in [5.41, 5.74) is 0. The van der Waals surface area contributed by atoms with Crippen LogP contribution in [0.4, 0.5) is 0 Å². The van der Waals surface area contributed by atoms with Crippen LogP contribution < -0.4 is 0 Å². The summed E-state index contributed by atoms with van der Waals surface area (Å²) in [6.45, 7) is 2.24. The SMILES string of the molecule is CCCCCC=CCC=CCCCCCC=CCCC(=O)O. The molecule has 126 valence electrons. The molecule has 0 rings (SSSR count). The smallest absolute Gasteiger partial charge is 0.303 e. The number of hydrogen-bond donors (Lipinski definition) is 1. The van der Waals surface area contributed by atoms with Gasteiger partial charge in [-0.25, -0.2) is 0 Å². The number of allylic oxidation sites excluding steroid dienone is 6. The zero-order chi connectivity index (χ0) is 16.3. The first-order chi connectivity index (χ1) is 10.8. The lowest BCUT2D eigenvalue weighted by molar-refractivity contribution is -0.136. The molecule has 0 saturated carbocycles. The van der Waals surface area contributed by atoms with Crippen LogP contribution in [0, 0.1) is 0 Å². The molecule has 2 heteroatoms. The molecule has 22 heavy (non-hydrogen) atoms. The molecule has 0 aliphatic carbocycles.